The van der Waals surface area contributed by atoms with Gasteiger partial charge in [0.25, 0.3) is 0 Å². The summed E-state index contributed by atoms with van der Waals surface area (Å²) >= 11 is 0. The van der Waals surface area contributed by atoms with E-state index in [-0.39, 0.29) is 5.82 Å². The molecule has 0 spiro atoms. The molecular weight excluding hydrogens is 309 g/mol. The third-order valence-electron chi connectivity index (χ3n) is 4.57. The lowest BCUT2D eigenvalue weighted by molar-refractivity contribution is 0.419. The summed E-state index contributed by atoms with van der Waals surface area (Å²) in [6, 6.07) is 13.7. The summed E-state index contributed by atoms with van der Waals surface area (Å²) in [6.45, 7) is 7.33. The Morgan fingerprint density at radius 2 is 1.76 bits per heavy atom. The summed E-state index contributed by atoms with van der Waals surface area (Å²) in [5, 5.41) is 0. The fourth-order valence-corrected chi connectivity index (χ4v) is 2.92. The van der Waals surface area contributed by atoms with Crippen LogP contribution in [0.5, 0.6) is 0 Å². The Balaban J connectivity index is 2.07. The van der Waals surface area contributed by atoms with Crippen molar-refractivity contribution >= 4 is 5.57 Å². The number of nitrogens with zero attached hydrogens (tertiary/aromatic N) is 1. The minimum atomic E-state index is -0.131. The first-order chi connectivity index (χ1) is 12.0. The van der Waals surface area contributed by atoms with Crippen molar-refractivity contribution in [3.8, 4) is 11.1 Å². The van der Waals surface area contributed by atoms with E-state index in [9.17, 15) is 4.39 Å². The summed E-state index contributed by atoms with van der Waals surface area (Å²) in [4.78, 5) is 2.15. The Bertz CT molecular complexity index is 686. The maximum Gasteiger partial charge on any atom is 0.131 e. The SMILES string of the molecule is C=C(CCN(C)C)c1ccc(-c2ccc(CCCCC)cc2F)cc1. The van der Waals surface area contributed by atoms with Gasteiger partial charge in [-0.15, -0.1) is 0 Å². The summed E-state index contributed by atoms with van der Waals surface area (Å²) in [6.07, 6.45) is 5.40. The van der Waals surface area contributed by atoms with Gasteiger partial charge in [-0.3, -0.25) is 0 Å². The number of aryl methyl sites for hydroxylation is 1. The molecule has 0 aliphatic carbocycles. The highest BCUT2D eigenvalue weighted by Gasteiger charge is 2.07. The molecule has 134 valence electrons. The molecule has 0 bridgehead atoms. The van der Waals surface area contributed by atoms with E-state index in [4.69, 9.17) is 0 Å². The van der Waals surface area contributed by atoms with E-state index >= 15 is 0 Å². The van der Waals surface area contributed by atoms with Crippen LogP contribution < -0.4 is 0 Å². The number of hydrogen-bond acceptors (Lipinski definition) is 1. The third-order valence-corrected chi connectivity index (χ3v) is 4.57. The summed E-state index contributed by atoms with van der Waals surface area (Å²) in [5.41, 5.74) is 4.92. The molecule has 0 saturated carbocycles. The quantitative estimate of drug-likeness (QED) is 0.492. The number of rotatable bonds is 9. The van der Waals surface area contributed by atoms with Gasteiger partial charge >= 0.3 is 0 Å². The van der Waals surface area contributed by atoms with Crippen molar-refractivity contribution in [2.24, 2.45) is 0 Å². The van der Waals surface area contributed by atoms with Gasteiger partial charge in [0.1, 0.15) is 5.82 Å². The Labute approximate surface area is 152 Å². The minimum Gasteiger partial charge on any atom is -0.309 e. The zero-order valence-electron chi connectivity index (χ0n) is 15.8. The molecule has 0 aliphatic rings. The molecule has 0 N–H and O–H groups in total. The molecule has 2 rings (SSSR count). The van der Waals surface area contributed by atoms with Crippen LogP contribution in [0, 0.1) is 5.82 Å². The van der Waals surface area contributed by atoms with Gasteiger partial charge in [-0.1, -0.05) is 62.7 Å². The molecule has 0 fully saturated rings. The minimum absolute atomic E-state index is 0.131. The summed E-state index contributed by atoms with van der Waals surface area (Å²) < 4.78 is 14.5. The van der Waals surface area contributed by atoms with Crippen molar-refractivity contribution in [3.63, 3.8) is 0 Å². The van der Waals surface area contributed by atoms with Crippen LogP contribution in [0.2, 0.25) is 0 Å². The molecule has 0 aromatic heterocycles. The molecule has 0 unspecified atom stereocenters. The molecule has 1 nitrogen and oxygen atoms in total. The highest BCUT2D eigenvalue weighted by Crippen LogP contribution is 2.26. The number of unbranched alkanes of at least 4 members (excludes halogenated alkanes) is 2. The second-order valence-electron chi connectivity index (χ2n) is 7.01. The summed E-state index contributed by atoms with van der Waals surface area (Å²) in [7, 11) is 4.12. The molecule has 2 aromatic rings. The highest BCUT2D eigenvalue weighted by atomic mass is 19.1. The normalized spacial score (nSPS) is 11.1. The molecule has 0 radical (unpaired) electrons. The Morgan fingerprint density at radius 3 is 2.36 bits per heavy atom. The number of hydrogen-bond donors (Lipinski definition) is 0. The monoisotopic (exact) mass is 339 g/mol. The lowest BCUT2D eigenvalue weighted by Crippen LogP contribution is -2.13. The van der Waals surface area contributed by atoms with Crippen molar-refractivity contribution in [2.45, 2.75) is 39.0 Å². The molecule has 0 amide bonds. The van der Waals surface area contributed by atoms with E-state index in [0.717, 1.165) is 48.1 Å². The zero-order valence-corrected chi connectivity index (χ0v) is 15.8. The van der Waals surface area contributed by atoms with E-state index < -0.39 is 0 Å². The van der Waals surface area contributed by atoms with Gasteiger partial charge in [0.2, 0.25) is 0 Å². The average molecular weight is 339 g/mol. The Kier molecular flexibility index (Phi) is 7.39. The van der Waals surface area contributed by atoms with Crippen LogP contribution in [0.25, 0.3) is 16.7 Å². The van der Waals surface area contributed by atoms with E-state index in [0.29, 0.717) is 5.56 Å². The van der Waals surface area contributed by atoms with Crippen LogP contribution >= 0.6 is 0 Å². The lowest BCUT2D eigenvalue weighted by Gasteiger charge is -2.12. The maximum atomic E-state index is 14.5. The van der Waals surface area contributed by atoms with Crippen molar-refractivity contribution in [3.05, 3.63) is 66.0 Å². The van der Waals surface area contributed by atoms with Gasteiger partial charge < -0.3 is 4.90 Å². The summed E-state index contributed by atoms with van der Waals surface area (Å²) in [5.74, 6) is -0.131. The van der Waals surface area contributed by atoms with Gasteiger partial charge in [0.15, 0.2) is 0 Å². The van der Waals surface area contributed by atoms with E-state index in [1.165, 1.54) is 12.8 Å². The van der Waals surface area contributed by atoms with Gasteiger partial charge in [-0.05, 0) is 61.7 Å². The van der Waals surface area contributed by atoms with E-state index in [1.54, 1.807) is 6.07 Å². The zero-order chi connectivity index (χ0) is 18.2. The van der Waals surface area contributed by atoms with E-state index in [1.807, 2.05) is 30.3 Å². The van der Waals surface area contributed by atoms with Gasteiger partial charge in [-0.2, -0.15) is 0 Å². The van der Waals surface area contributed by atoms with Crippen LogP contribution in [-0.2, 0) is 6.42 Å². The van der Waals surface area contributed by atoms with Crippen LogP contribution in [-0.4, -0.2) is 25.5 Å². The average Bonchev–Trinajstić information content (AvgIpc) is 2.60. The molecule has 0 heterocycles. The third kappa shape index (κ3) is 5.82. The van der Waals surface area contributed by atoms with Crippen LogP contribution in [0.3, 0.4) is 0 Å². The van der Waals surface area contributed by atoms with Crippen molar-refractivity contribution in [1.29, 1.82) is 0 Å². The second-order valence-corrected chi connectivity index (χ2v) is 7.01. The largest absolute Gasteiger partial charge is 0.309 e. The van der Waals surface area contributed by atoms with E-state index in [2.05, 4.69) is 38.6 Å². The predicted octanol–water partition coefficient (Wildman–Crippen LogP) is 6.19. The van der Waals surface area contributed by atoms with Crippen molar-refractivity contribution < 1.29 is 4.39 Å². The lowest BCUT2D eigenvalue weighted by atomic mass is 9.97. The number of halogens is 1. The Hall–Kier alpha value is -1.93. The topological polar surface area (TPSA) is 3.24 Å². The smallest absolute Gasteiger partial charge is 0.131 e. The number of benzene rings is 2. The first kappa shape index (κ1) is 19.4. The highest BCUT2D eigenvalue weighted by molar-refractivity contribution is 5.70. The molecule has 25 heavy (non-hydrogen) atoms. The van der Waals surface area contributed by atoms with Gasteiger partial charge in [0, 0.05) is 12.1 Å². The molecule has 0 atom stereocenters. The van der Waals surface area contributed by atoms with Crippen molar-refractivity contribution in [2.75, 3.05) is 20.6 Å². The first-order valence-corrected chi connectivity index (χ1v) is 9.23. The molecule has 0 aliphatic heterocycles. The fraction of sp³-hybridized carbons (Fsp3) is 0.391. The molecule has 0 saturated heterocycles. The van der Waals surface area contributed by atoms with Crippen molar-refractivity contribution in [1.82, 2.24) is 4.90 Å². The second kappa shape index (κ2) is 9.53. The maximum absolute atomic E-state index is 14.5. The van der Waals surface area contributed by atoms with Crippen LogP contribution in [0.15, 0.2) is 49.0 Å². The molecule has 2 heteroatoms. The van der Waals surface area contributed by atoms with Crippen LogP contribution in [0.4, 0.5) is 4.39 Å². The Morgan fingerprint density at radius 1 is 1.04 bits per heavy atom. The first-order valence-electron chi connectivity index (χ1n) is 9.23. The molecule has 2 aromatic carbocycles. The molecular formula is C23H30FN. The van der Waals surface area contributed by atoms with Crippen LogP contribution in [0.1, 0.15) is 43.7 Å². The predicted molar refractivity (Wildman–Crippen MR) is 107 cm³/mol. The fourth-order valence-electron chi connectivity index (χ4n) is 2.92. The van der Waals surface area contributed by atoms with Gasteiger partial charge in [-0.25, -0.2) is 4.39 Å². The standard InChI is InChI=1S/C23H30FN/c1-5-6-7-8-19-9-14-22(23(24)17-19)21-12-10-20(11-13-21)18(2)15-16-25(3)4/h9-14,17H,2,5-8,15-16H2,1,3-4H3. The van der Waals surface area contributed by atoms with Gasteiger partial charge in [0.05, 0.1) is 0 Å².